The Morgan fingerprint density at radius 1 is 1.04 bits per heavy atom. The number of amides is 1. The Morgan fingerprint density at radius 3 is 2.22 bits per heavy atom. The summed E-state index contributed by atoms with van der Waals surface area (Å²) in [6.07, 6.45) is 1.38. The van der Waals surface area contributed by atoms with Crippen molar-refractivity contribution in [1.29, 1.82) is 0 Å². The molecule has 1 rings (SSSR count). The molecule has 0 saturated heterocycles. The van der Waals surface area contributed by atoms with Crippen molar-refractivity contribution < 1.29 is 38.9 Å². The van der Waals surface area contributed by atoms with Gasteiger partial charge in [-0.1, -0.05) is 0 Å². The third-order valence-corrected chi connectivity index (χ3v) is 2.37. The highest BCUT2D eigenvalue weighted by molar-refractivity contribution is 6.07. The minimum atomic E-state index is -1.38. The van der Waals surface area contributed by atoms with Crippen molar-refractivity contribution in [2.75, 3.05) is 5.32 Å². The van der Waals surface area contributed by atoms with E-state index >= 15 is 0 Å². The number of hydrogen-bond acceptors (Lipinski definition) is 6. The van der Waals surface area contributed by atoms with Crippen LogP contribution in [0.3, 0.4) is 0 Å². The van der Waals surface area contributed by atoms with Crippen molar-refractivity contribution in [2.24, 2.45) is 0 Å². The Hall–Kier alpha value is -3.49. The Labute approximate surface area is 129 Å². The number of carbonyl (C=O) groups excluding carboxylic acids is 3. The van der Waals surface area contributed by atoms with Crippen LogP contribution in [0.25, 0.3) is 0 Å². The predicted molar refractivity (Wildman–Crippen MR) is 74.9 cm³/mol. The van der Waals surface area contributed by atoms with Crippen LogP contribution in [0.4, 0.5) is 5.69 Å². The first kappa shape index (κ1) is 17.6. The van der Waals surface area contributed by atoms with Crippen LogP contribution in [0.1, 0.15) is 27.6 Å². The molecule has 0 radical (unpaired) electrons. The number of hydrogen-bond donors (Lipinski definition) is 3. The van der Waals surface area contributed by atoms with E-state index in [1.54, 1.807) is 0 Å². The predicted octanol–water partition coefficient (Wildman–Crippen LogP) is 0.667. The molecule has 0 heterocycles. The van der Waals surface area contributed by atoms with Crippen LogP contribution in [-0.2, 0) is 19.1 Å². The van der Waals surface area contributed by atoms with Gasteiger partial charge >= 0.3 is 23.9 Å². The van der Waals surface area contributed by atoms with Crippen LogP contribution < -0.4 is 5.32 Å². The van der Waals surface area contributed by atoms with Crippen LogP contribution in [0.2, 0.25) is 0 Å². The fourth-order valence-corrected chi connectivity index (χ4v) is 1.46. The highest BCUT2D eigenvalue weighted by atomic mass is 16.6. The highest BCUT2D eigenvalue weighted by Gasteiger charge is 2.15. The van der Waals surface area contributed by atoms with E-state index in [1.165, 1.54) is 0 Å². The normalized spacial score (nSPS) is 10.1. The molecule has 9 heteroatoms. The number of carboxylic acids is 2. The summed E-state index contributed by atoms with van der Waals surface area (Å²) in [4.78, 5) is 55.1. The fraction of sp³-hybridized carbons (Fsp3) is 0.0714. The van der Waals surface area contributed by atoms with E-state index in [9.17, 15) is 24.0 Å². The van der Waals surface area contributed by atoms with Gasteiger partial charge in [-0.3, -0.25) is 9.59 Å². The average molecular weight is 321 g/mol. The molecule has 0 aliphatic rings. The lowest BCUT2D eigenvalue weighted by Crippen LogP contribution is -2.14. The minimum absolute atomic E-state index is 0.231. The van der Waals surface area contributed by atoms with Gasteiger partial charge in [-0.15, -0.1) is 0 Å². The van der Waals surface area contributed by atoms with Crippen LogP contribution >= 0.6 is 0 Å². The van der Waals surface area contributed by atoms with Gasteiger partial charge in [0.25, 0.3) is 0 Å². The van der Waals surface area contributed by atoms with Crippen LogP contribution in [0.5, 0.6) is 0 Å². The SMILES string of the molecule is CC(=O)OC(=O)/C=C\C(=O)Nc1cc(C(=O)O)ccc1C(=O)O. The maximum absolute atomic E-state index is 11.6. The molecule has 3 N–H and O–H groups in total. The number of carboxylic acid groups (broad SMARTS) is 2. The molecule has 120 valence electrons. The summed E-state index contributed by atoms with van der Waals surface area (Å²) in [5.74, 6) is -5.53. The summed E-state index contributed by atoms with van der Waals surface area (Å²) in [6.45, 7) is 1.00. The number of esters is 2. The lowest BCUT2D eigenvalue weighted by molar-refractivity contribution is -0.154. The summed E-state index contributed by atoms with van der Waals surface area (Å²) in [5, 5.41) is 20.0. The van der Waals surface area contributed by atoms with Crippen molar-refractivity contribution in [1.82, 2.24) is 0 Å². The van der Waals surface area contributed by atoms with Crippen LogP contribution in [0, 0.1) is 0 Å². The molecule has 0 aromatic heterocycles. The highest BCUT2D eigenvalue weighted by Crippen LogP contribution is 2.18. The van der Waals surface area contributed by atoms with E-state index in [-0.39, 0.29) is 16.8 Å². The van der Waals surface area contributed by atoms with Gasteiger partial charge in [-0.2, -0.15) is 0 Å². The number of aromatic carboxylic acids is 2. The Morgan fingerprint density at radius 2 is 1.70 bits per heavy atom. The fourth-order valence-electron chi connectivity index (χ4n) is 1.46. The molecule has 0 aliphatic heterocycles. The largest absolute Gasteiger partial charge is 0.478 e. The molecular weight excluding hydrogens is 310 g/mol. The van der Waals surface area contributed by atoms with Gasteiger partial charge < -0.3 is 20.3 Å². The summed E-state index contributed by atoms with van der Waals surface area (Å²) < 4.78 is 4.15. The summed E-state index contributed by atoms with van der Waals surface area (Å²) in [6, 6.07) is 3.06. The summed E-state index contributed by atoms with van der Waals surface area (Å²) in [7, 11) is 0. The zero-order valence-electron chi connectivity index (χ0n) is 11.7. The van der Waals surface area contributed by atoms with Crippen molar-refractivity contribution >= 4 is 35.5 Å². The monoisotopic (exact) mass is 321 g/mol. The first-order valence-electron chi connectivity index (χ1n) is 6.02. The zero-order valence-corrected chi connectivity index (χ0v) is 11.7. The molecule has 0 saturated carbocycles. The van der Waals surface area contributed by atoms with Crippen LogP contribution in [-0.4, -0.2) is 40.0 Å². The van der Waals surface area contributed by atoms with Crippen LogP contribution in [0.15, 0.2) is 30.4 Å². The molecule has 0 fully saturated rings. The molecule has 0 unspecified atom stereocenters. The number of carbonyl (C=O) groups is 5. The zero-order chi connectivity index (χ0) is 17.6. The number of ether oxygens (including phenoxy) is 1. The lowest BCUT2D eigenvalue weighted by Gasteiger charge is -2.07. The number of nitrogens with one attached hydrogen (secondary N) is 1. The van der Waals surface area contributed by atoms with Crippen molar-refractivity contribution in [2.45, 2.75) is 6.92 Å². The van der Waals surface area contributed by atoms with Gasteiger partial charge in [-0.25, -0.2) is 14.4 Å². The molecule has 23 heavy (non-hydrogen) atoms. The van der Waals surface area contributed by atoms with Gasteiger partial charge in [0.05, 0.1) is 16.8 Å². The van der Waals surface area contributed by atoms with Crippen molar-refractivity contribution in [3.63, 3.8) is 0 Å². The maximum atomic E-state index is 11.6. The molecule has 0 bridgehead atoms. The lowest BCUT2D eigenvalue weighted by atomic mass is 10.1. The first-order valence-corrected chi connectivity index (χ1v) is 6.02. The Kier molecular flexibility index (Phi) is 5.73. The van der Waals surface area contributed by atoms with E-state index in [0.29, 0.717) is 12.2 Å². The number of rotatable bonds is 5. The second-order valence-corrected chi connectivity index (χ2v) is 4.11. The molecule has 0 aliphatic carbocycles. The first-order chi connectivity index (χ1) is 10.7. The smallest absolute Gasteiger partial charge is 0.338 e. The second-order valence-electron chi connectivity index (χ2n) is 4.11. The van der Waals surface area contributed by atoms with Gasteiger partial charge in [0.15, 0.2) is 0 Å². The van der Waals surface area contributed by atoms with Gasteiger partial charge in [0, 0.05) is 19.1 Å². The van der Waals surface area contributed by atoms with Gasteiger partial charge in [0.2, 0.25) is 5.91 Å². The molecule has 1 amide bonds. The Balaban J connectivity index is 2.96. The van der Waals surface area contributed by atoms with E-state index in [0.717, 1.165) is 25.1 Å². The molecular formula is C14H11NO8. The molecule has 9 nitrogen and oxygen atoms in total. The van der Waals surface area contributed by atoms with E-state index in [2.05, 4.69) is 10.1 Å². The van der Waals surface area contributed by atoms with Crippen molar-refractivity contribution in [3.8, 4) is 0 Å². The van der Waals surface area contributed by atoms with E-state index in [4.69, 9.17) is 10.2 Å². The third-order valence-electron chi connectivity index (χ3n) is 2.37. The van der Waals surface area contributed by atoms with E-state index in [1.807, 2.05) is 0 Å². The number of benzene rings is 1. The third kappa shape index (κ3) is 5.42. The Bertz CT molecular complexity index is 719. The van der Waals surface area contributed by atoms with E-state index < -0.39 is 29.8 Å². The molecule has 0 atom stereocenters. The second kappa shape index (κ2) is 7.50. The summed E-state index contributed by atoms with van der Waals surface area (Å²) >= 11 is 0. The molecule has 1 aromatic carbocycles. The van der Waals surface area contributed by atoms with Gasteiger partial charge in [0.1, 0.15) is 0 Å². The summed E-state index contributed by atoms with van der Waals surface area (Å²) in [5.41, 5.74) is -0.819. The molecule has 1 aromatic rings. The molecule has 0 spiro atoms. The standard InChI is InChI=1S/C14H11NO8/c1-7(16)23-12(18)5-4-11(17)15-10-6-8(13(19)20)2-3-9(10)14(21)22/h2-6H,1H3,(H,15,17)(H,19,20)(H,21,22)/b5-4-. The minimum Gasteiger partial charge on any atom is -0.478 e. The van der Waals surface area contributed by atoms with Gasteiger partial charge in [-0.05, 0) is 18.2 Å². The number of anilines is 1. The van der Waals surface area contributed by atoms with Crippen molar-refractivity contribution in [3.05, 3.63) is 41.5 Å². The maximum Gasteiger partial charge on any atom is 0.338 e. The average Bonchev–Trinajstić information content (AvgIpc) is 2.44. The topological polar surface area (TPSA) is 147 Å². The quantitative estimate of drug-likeness (QED) is 0.407.